The maximum absolute atomic E-state index is 11.1. The van der Waals surface area contributed by atoms with Gasteiger partial charge < -0.3 is 15.7 Å². The van der Waals surface area contributed by atoms with Crippen LogP contribution in [0.3, 0.4) is 0 Å². The highest BCUT2D eigenvalue weighted by molar-refractivity contribution is 6.33. The molecule has 0 atom stereocenters. The van der Waals surface area contributed by atoms with Gasteiger partial charge in [0.15, 0.2) is 0 Å². The van der Waals surface area contributed by atoms with Gasteiger partial charge in [0.05, 0.1) is 17.1 Å². The molecule has 0 unspecified atom stereocenters. The van der Waals surface area contributed by atoms with E-state index in [0.29, 0.717) is 23.2 Å². The lowest BCUT2D eigenvalue weighted by Gasteiger charge is -2.25. The highest BCUT2D eigenvalue weighted by atomic mass is 35.5. The molecule has 0 heterocycles. The number of nitrogens with two attached hydrogens (primary N) is 1. The molecule has 1 aliphatic carbocycles. The average Bonchev–Trinajstić information content (AvgIpc) is 3.14. The van der Waals surface area contributed by atoms with Crippen LogP contribution in [0.1, 0.15) is 29.6 Å². The van der Waals surface area contributed by atoms with Crippen molar-refractivity contribution in [2.24, 2.45) is 5.73 Å². The van der Waals surface area contributed by atoms with Gasteiger partial charge in [0, 0.05) is 18.2 Å². The smallest absolute Gasteiger partial charge is 0.305 e. The molecule has 19 heavy (non-hydrogen) atoms. The highest BCUT2D eigenvalue weighted by Gasteiger charge is 2.30. The van der Waals surface area contributed by atoms with Crippen LogP contribution in [0.25, 0.3) is 0 Å². The molecule has 3 N–H and O–H groups in total. The summed E-state index contributed by atoms with van der Waals surface area (Å²) in [6, 6.07) is 5.20. The number of halogens is 1. The lowest BCUT2D eigenvalue weighted by atomic mass is 10.1. The summed E-state index contributed by atoms with van der Waals surface area (Å²) in [6.45, 7) is 0.412. The number of primary amides is 1. The first-order valence-corrected chi connectivity index (χ1v) is 6.44. The second kappa shape index (κ2) is 5.48. The van der Waals surface area contributed by atoms with Crippen LogP contribution >= 0.6 is 11.6 Å². The van der Waals surface area contributed by atoms with E-state index in [1.165, 1.54) is 6.07 Å². The lowest BCUT2D eigenvalue weighted by Crippen LogP contribution is -2.28. The Hall–Kier alpha value is -1.75. The van der Waals surface area contributed by atoms with E-state index in [4.69, 9.17) is 22.4 Å². The molecule has 1 aromatic rings. The molecule has 0 saturated heterocycles. The summed E-state index contributed by atoms with van der Waals surface area (Å²) in [7, 11) is 0. The molecule has 1 amide bonds. The summed E-state index contributed by atoms with van der Waals surface area (Å²) in [5.41, 5.74) is 6.30. The molecule has 2 rings (SSSR count). The van der Waals surface area contributed by atoms with Gasteiger partial charge in [0.25, 0.3) is 0 Å². The zero-order chi connectivity index (χ0) is 14.0. The van der Waals surface area contributed by atoms with Crippen LogP contribution in [0, 0.1) is 0 Å². The van der Waals surface area contributed by atoms with Crippen molar-refractivity contribution in [3.8, 4) is 0 Å². The van der Waals surface area contributed by atoms with E-state index in [9.17, 15) is 9.59 Å². The van der Waals surface area contributed by atoms with Gasteiger partial charge in [-0.3, -0.25) is 9.59 Å². The van der Waals surface area contributed by atoms with Gasteiger partial charge in [-0.25, -0.2) is 0 Å². The van der Waals surface area contributed by atoms with E-state index >= 15 is 0 Å². The molecule has 5 nitrogen and oxygen atoms in total. The van der Waals surface area contributed by atoms with Gasteiger partial charge >= 0.3 is 5.97 Å². The monoisotopic (exact) mass is 282 g/mol. The molecule has 0 aromatic heterocycles. The number of carbonyl (C=O) groups excluding carboxylic acids is 1. The van der Waals surface area contributed by atoms with Crippen molar-refractivity contribution in [1.82, 2.24) is 0 Å². The normalized spacial score (nSPS) is 14.2. The molecule has 1 saturated carbocycles. The zero-order valence-corrected chi connectivity index (χ0v) is 11.1. The van der Waals surface area contributed by atoms with Crippen LogP contribution in [-0.4, -0.2) is 29.6 Å². The SMILES string of the molecule is NC(=O)c1ccc(N(CCC(=O)O)C2CC2)c(Cl)c1. The van der Waals surface area contributed by atoms with Gasteiger partial charge in [-0.15, -0.1) is 0 Å². The summed E-state index contributed by atoms with van der Waals surface area (Å²) >= 11 is 6.16. The number of carbonyl (C=O) groups is 2. The average molecular weight is 283 g/mol. The summed E-state index contributed by atoms with van der Waals surface area (Å²) in [5, 5.41) is 9.20. The Morgan fingerprint density at radius 3 is 2.58 bits per heavy atom. The fourth-order valence-corrected chi connectivity index (χ4v) is 2.28. The molecule has 102 valence electrons. The fourth-order valence-electron chi connectivity index (χ4n) is 2.00. The molecule has 0 aliphatic heterocycles. The van der Waals surface area contributed by atoms with E-state index in [2.05, 4.69) is 0 Å². The summed E-state index contributed by atoms with van der Waals surface area (Å²) in [4.78, 5) is 23.7. The lowest BCUT2D eigenvalue weighted by molar-refractivity contribution is -0.136. The van der Waals surface area contributed by atoms with Gasteiger partial charge in [-0.05, 0) is 31.0 Å². The second-order valence-corrected chi connectivity index (χ2v) is 5.01. The predicted octanol–water partition coefficient (Wildman–Crippen LogP) is 1.88. The van der Waals surface area contributed by atoms with Crippen molar-refractivity contribution in [2.75, 3.05) is 11.4 Å². The number of amides is 1. The number of rotatable bonds is 6. The van der Waals surface area contributed by atoms with E-state index in [-0.39, 0.29) is 6.42 Å². The second-order valence-electron chi connectivity index (χ2n) is 4.60. The third-order valence-corrected chi connectivity index (χ3v) is 3.40. The van der Waals surface area contributed by atoms with Crippen LogP contribution in [0.2, 0.25) is 5.02 Å². The maximum atomic E-state index is 11.1. The molecule has 0 radical (unpaired) electrons. The van der Waals surface area contributed by atoms with Crippen LogP contribution in [0.15, 0.2) is 18.2 Å². The Morgan fingerprint density at radius 1 is 1.42 bits per heavy atom. The van der Waals surface area contributed by atoms with E-state index in [0.717, 1.165) is 18.5 Å². The van der Waals surface area contributed by atoms with Gasteiger partial charge in [-0.1, -0.05) is 11.6 Å². The summed E-state index contributed by atoms with van der Waals surface area (Å²) < 4.78 is 0. The Morgan fingerprint density at radius 2 is 2.11 bits per heavy atom. The van der Waals surface area contributed by atoms with E-state index < -0.39 is 11.9 Å². The molecule has 1 aromatic carbocycles. The third kappa shape index (κ3) is 3.38. The van der Waals surface area contributed by atoms with Crippen LogP contribution < -0.4 is 10.6 Å². The van der Waals surface area contributed by atoms with Crippen LogP contribution in [-0.2, 0) is 4.79 Å². The summed E-state index contributed by atoms with van der Waals surface area (Å²) in [5.74, 6) is -1.37. The Balaban J connectivity index is 2.21. The molecule has 0 bridgehead atoms. The van der Waals surface area contributed by atoms with E-state index in [1.807, 2.05) is 4.90 Å². The Kier molecular flexibility index (Phi) is 3.95. The number of hydrogen-bond acceptors (Lipinski definition) is 3. The predicted molar refractivity (Wildman–Crippen MR) is 72.6 cm³/mol. The molecule has 1 aliphatic rings. The number of aliphatic carboxylic acids is 1. The van der Waals surface area contributed by atoms with Gasteiger partial charge in [-0.2, -0.15) is 0 Å². The number of carboxylic acids is 1. The van der Waals surface area contributed by atoms with E-state index in [1.54, 1.807) is 12.1 Å². The zero-order valence-electron chi connectivity index (χ0n) is 10.3. The van der Waals surface area contributed by atoms with Crippen LogP contribution in [0.4, 0.5) is 5.69 Å². The first-order chi connectivity index (χ1) is 8.99. The summed E-state index contributed by atoms with van der Waals surface area (Å²) in [6.07, 6.45) is 2.13. The Labute approximate surface area is 116 Å². The van der Waals surface area contributed by atoms with Crippen molar-refractivity contribution in [3.63, 3.8) is 0 Å². The number of benzene rings is 1. The maximum Gasteiger partial charge on any atom is 0.305 e. The van der Waals surface area contributed by atoms with Crippen molar-refractivity contribution in [1.29, 1.82) is 0 Å². The fraction of sp³-hybridized carbons (Fsp3) is 0.385. The third-order valence-electron chi connectivity index (χ3n) is 3.10. The number of hydrogen-bond donors (Lipinski definition) is 2. The quantitative estimate of drug-likeness (QED) is 0.834. The minimum atomic E-state index is -0.837. The molecular formula is C13H15ClN2O3. The van der Waals surface area contributed by atoms with Crippen molar-refractivity contribution in [2.45, 2.75) is 25.3 Å². The minimum Gasteiger partial charge on any atom is -0.481 e. The van der Waals surface area contributed by atoms with Crippen molar-refractivity contribution < 1.29 is 14.7 Å². The first-order valence-electron chi connectivity index (χ1n) is 6.07. The minimum absolute atomic E-state index is 0.0599. The van der Waals surface area contributed by atoms with Gasteiger partial charge in [0.1, 0.15) is 0 Å². The first kappa shape index (κ1) is 13.7. The molecule has 1 fully saturated rings. The number of nitrogens with zero attached hydrogens (tertiary/aromatic N) is 1. The van der Waals surface area contributed by atoms with Crippen molar-refractivity contribution >= 4 is 29.2 Å². The largest absolute Gasteiger partial charge is 0.481 e. The van der Waals surface area contributed by atoms with Crippen LogP contribution in [0.5, 0.6) is 0 Å². The number of carboxylic acid groups (broad SMARTS) is 1. The van der Waals surface area contributed by atoms with Gasteiger partial charge in [0.2, 0.25) is 5.91 Å². The molecule has 6 heteroatoms. The Bertz CT molecular complexity index is 515. The standard InChI is InChI=1S/C13H15ClN2O3/c14-10-7-8(13(15)19)1-4-11(10)16(9-2-3-9)6-5-12(17)18/h1,4,7,9H,2-3,5-6H2,(H2,15,19)(H,17,18). The topological polar surface area (TPSA) is 83.6 Å². The molecular weight excluding hydrogens is 268 g/mol. The highest BCUT2D eigenvalue weighted by Crippen LogP contribution is 2.36. The molecule has 0 spiro atoms. The van der Waals surface area contributed by atoms with Crippen molar-refractivity contribution in [3.05, 3.63) is 28.8 Å². The number of anilines is 1.